The largest absolute Gasteiger partial charge is 0.465 e. The first kappa shape index (κ1) is 20.8. The summed E-state index contributed by atoms with van der Waals surface area (Å²) in [7, 11) is 2.42. The van der Waals surface area contributed by atoms with E-state index >= 15 is 0 Å². The fraction of sp³-hybridized carbons (Fsp3) is 0.294. The van der Waals surface area contributed by atoms with Crippen LogP contribution < -0.4 is 10.9 Å². The number of carbonyl (C=O) groups is 3. The maximum Gasteiger partial charge on any atom is 0.348 e. The molecule has 0 fully saturated rings. The molecule has 1 N–H and O–H groups in total. The zero-order valence-electron chi connectivity index (χ0n) is 15.0. The number of thiophene rings is 1. The number of esters is 2. The zero-order valence-corrected chi connectivity index (χ0v) is 17.4. The first-order valence-corrected chi connectivity index (χ1v) is 9.27. The molecule has 2 heterocycles. The number of nitrogens with zero attached hydrogens (tertiary/aromatic N) is 1. The van der Waals surface area contributed by atoms with Crippen molar-refractivity contribution in [2.24, 2.45) is 0 Å². The Kier molecular flexibility index (Phi) is 6.55. The molecule has 0 spiro atoms. The minimum absolute atomic E-state index is 0.0778. The summed E-state index contributed by atoms with van der Waals surface area (Å²) in [6.45, 7) is 3.09. The van der Waals surface area contributed by atoms with Gasteiger partial charge in [-0.1, -0.05) is 0 Å². The van der Waals surface area contributed by atoms with E-state index in [2.05, 4.69) is 21.2 Å². The predicted molar refractivity (Wildman–Crippen MR) is 104 cm³/mol. The monoisotopic (exact) mass is 456 g/mol. The Labute approximate surface area is 167 Å². The van der Waals surface area contributed by atoms with Crippen LogP contribution in [0.1, 0.15) is 31.2 Å². The average molecular weight is 457 g/mol. The fourth-order valence-electron chi connectivity index (χ4n) is 2.42. The Morgan fingerprint density at radius 2 is 1.81 bits per heavy atom. The number of halogens is 1. The lowest BCUT2D eigenvalue weighted by molar-refractivity contribution is -0.116. The second kappa shape index (κ2) is 8.49. The molecule has 144 valence electrons. The van der Waals surface area contributed by atoms with Gasteiger partial charge >= 0.3 is 11.9 Å². The summed E-state index contributed by atoms with van der Waals surface area (Å²) in [5.74, 6) is -1.84. The molecule has 2 rings (SSSR count). The number of rotatable bonds is 5. The summed E-state index contributed by atoms with van der Waals surface area (Å²) >= 11 is 4.06. The first-order valence-electron chi connectivity index (χ1n) is 7.66. The molecule has 0 aliphatic heterocycles. The van der Waals surface area contributed by atoms with Crippen LogP contribution in [0.15, 0.2) is 21.5 Å². The molecule has 0 saturated carbocycles. The Morgan fingerprint density at radius 1 is 1.19 bits per heavy atom. The third kappa shape index (κ3) is 4.45. The van der Waals surface area contributed by atoms with Crippen LogP contribution >= 0.6 is 27.3 Å². The first-order chi connectivity index (χ1) is 12.7. The van der Waals surface area contributed by atoms with Gasteiger partial charge in [0.05, 0.1) is 24.3 Å². The van der Waals surface area contributed by atoms with Gasteiger partial charge in [0.15, 0.2) is 0 Å². The van der Waals surface area contributed by atoms with E-state index in [0.717, 1.165) is 16.9 Å². The maximum absolute atomic E-state index is 12.4. The van der Waals surface area contributed by atoms with Gasteiger partial charge in [0.1, 0.15) is 16.4 Å². The van der Waals surface area contributed by atoms with E-state index < -0.39 is 17.8 Å². The lowest BCUT2D eigenvalue weighted by Crippen LogP contribution is -2.28. The Hall–Kier alpha value is -2.46. The highest BCUT2D eigenvalue weighted by Gasteiger charge is 2.26. The van der Waals surface area contributed by atoms with E-state index in [4.69, 9.17) is 9.47 Å². The molecule has 0 aliphatic rings. The van der Waals surface area contributed by atoms with E-state index in [1.807, 2.05) is 0 Å². The van der Waals surface area contributed by atoms with Gasteiger partial charge in [0.25, 0.3) is 5.56 Å². The van der Waals surface area contributed by atoms with Crippen molar-refractivity contribution < 1.29 is 23.9 Å². The summed E-state index contributed by atoms with van der Waals surface area (Å²) < 4.78 is 11.0. The van der Waals surface area contributed by atoms with Crippen LogP contribution in [0.3, 0.4) is 0 Å². The number of hydrogen-bond acceptors (Lipinski definition) is 7. The number of ether oxygens (including phenoxy) is 2. The second-order valence-corrected chi connectivity index (χ2v) is 7.47. The van der Waals surface area contributed by atoms with Gasteiger partial charge in [-0.15, -0.1) is 11.3 Å². The minimum Gasteiger partial charge on any atom is -0.465 e. The number of aryl methyl sites for hydroxylation is 1. The van der Waals surface area contributed by atoms with Crippen LogP contribution in [0.2, 0.25) is 0 Å². The summed E-state index contributed by atoms with van der Waals surface area (Å²) in [5, 5.41) is 2.73. The maximum atomic E-state index is 12.4. The third-order valence-corrected chi connectivity index (χ3v) is 5.41. The third-order valence-electron chi connectivity index (χ3n) is 3.65. The van der Waals surface area contributed by atoms with E-state index in [9.17, 15) is 19.2 Å². The minimum atomic E-state index is -0.690. The molecule has 27 heavy (non-hydrogen) atoms. The SMILES string of the molecule is COC(=O)c1sc(NC(=O)Cn2cc(C)cc(Br)c2=O)c(C(=O)OC)c1C. The van der Waals surface area contributed by atoms with Gasteiger partial charge in [-0.05, 0) is 47.0 Å². The highest BCUT2D eigenvalue weighted by Crippen LogP contribution is 2.34. The molecule has 0 saturated heterocycles. The van der Waals surface area contributed by atoms with Crippen molar-refractivity contribution in [1.29, 1.82) is 0 Å². The summed E-state index contributed by atoms with van der Waals surface area (Å²) in [6.07, 6.45) is 1.55. The normalized spacial score (nSPS) is 10.4. The lowest BCUT2D eigenvalue weighted by Gasteiger charge is -2.09. The van der Waals surface area contributed by atoms with Crippen molar-refractivity contribution in [3.05, 3.63) is 48.7 Å². The van der Waals surface area contributed by atoms with Crippen LogP contribution in [0, 0.1) is 13.8 Å². The van der Waals surface area contributed by atoms with Crippen LogP contribution in [0.4, 0.5) is 5.00 Å². The highest BCUT2D eigenvalue weighted by atomic mass is 79.9. The topological polar surface area (TPSA) is 104 Å². The van der Waals surface area contributed by atoms with Gasteiger partial charge in [-0.25, -0.2) is 9.59 Å². The van der Waals surface area contributed by atoms with E-state index in [1.54, 1.807) is 26.1 Å². The van der Waals surface area contributed by atoms with Gasteiger partial charge in [0, 0.05) is 6.20 Å². The van der Waals surface area contributed by atoms with Gasteiger partial charge in [-0.2, -0.15) is 0 Å². The standard InChI is InChI=1S/C17H17BrN2O6S/c1-8-5-10(18)15(22)20(6-8)7-11(21)19-14-12(16(23)25-3)9(2)13(27-14)17(24)26-4/h5-6H,7H2,1-4H3,(H,19,21). The molecule has 2 aromatic rings. The second-order valence-electron chi connectivity index (χ2n) is 5.59. The molecular formula is C17H17BrN2O6S. The van der Waals surface area contributed by atoms with E-state index in [-0.39, 0.29) is 27.5 Å². The number of pyridine rings is 1. The van der Waals surface area contributed by atoms with Crippen LogP contribution in [-0.2, 0) is 20.8 Å². The van der Waals surface area contributed by atoms with Crippen LogP contribution in [-0.4, -0.2) is 36.6 Å². The molecule has 0 aromatic carbocycles. The van der Waals surface area contributed by atoms with Crippen molar-refractivity contribution in [1.82, 2.24) is 4.57 Å². The van der Waals surface area contributed by atoms with Crippen molar-refractivity contribution in [3.63, 3.8) is 0 Å². The van der Waals surface area contributed by atoms with Crippen LogP contribution in [0.25, 0.3) is 0 Å². The molecule has 0 aliphatic carbocycles. The lowest BCUT2D eigenvalue weighted by atomic mass is 10.1. The number of anilines is 1. The Bertz CT molecular complexity index is 979. The van der Waals surface area contributed by atoms with Crippen molar-refractivity contribution in [3.8, 4) is 0 Å². The number of amides is 1. The highest BCUT2D eigenvalue weighted by molar-refractivity contribution is 9.10. The zero-order chi connectivity index (χ0) is 20.3. The summed E-state index contributed by atoms with van der Waals surface area (Å²) in [5.41, 5.74) is 0.865. The van der Waals surface area contributed by atoms with Gasteiger partial charge in [-0.3, -0.25) is 9.59 Å². The smallest absolute Gasteiger partial charge is 0.348 e. The number of methoxy groups -OCH3 is 2. The molecule has 2 aromatic heterocycles. The summed E-state index contributed by atoms with van der Waals surface area (Å²) in [4.78, 5) is 48.7. The number of hydrogen-bond donors (Lipinski definition) is 1. The molecule has 8 nitrogen and oxygen atoms in total. The molecule has 0 atom stereocenters. The van der Waals surface area contributed by atoms with Crippen molar-refractivity contribution in [2.45, 2.75) is 20.4 Å². The van der Waals surface area contributed by atoms with Gasteiger partial charge < -0.3 is 19.4 Å². The number of carbonyl (C=O) groups excluding carboxylic acids is 3. The van der Waals surface area contributed by atoms with E-state index in [0.29, 0.717) is 10.0 Å². The quantitative estimate of drug-likeness (QED) is 0.693. The van der Waals surface area contributed by atoms with Gasteiger partial charge in [0.2, 0.25) is 5.91 Å². The summed E-state index contributed by atoms with van der Waals surface area (Å²) in [6, 6.07) is 1.65. The molecule has 1 amide bonds. The molecule has 0 radical (unpaired) electrons. The van der Waals surface area contributed by atoms with E-state index in [1.165, 1.54) is 18.8 Å². The average Bonchev–Trinajstić information content (AvgIpc) is 2.93. The van der Waals surface area contributed by atoms with Crippen LogP contribution in [0.5, 0.6) is 0 Å². The molecular weight excluding hydrogens is 440 g/mol. The Balaban J connectivity index is 2.36. The van der Waals surface area contributed by atoms with Crippen molar-refractivity contribution >= 4 is 50.1 Å². The number of nitrogens with one attached hydrogen (secondary N) is 1. The molecule has 10 heteroatoms. The Morgan fingerprint density at radius 3 is 2.41 bits per heavy atom. The fourth-order valence-corrected chi connectivity index (χ4v) is 4.13. The predicted octanol–water partition coefficient (Wildman–Crippen LogP) is 2.50. The molecule has 0 unspecified atom stereocenters. The number of aromatic nitrogens is 1. The molecule has 0 bridgehead atoms. The van der Waals surface area contributed by atoms with Crippen molar-refractivity contribution in [2.75, 3.05) is 19.5 Å².